The van der Waals surface area contributed by atoms with Crippen molar-refractivity contribution in [2.75, 3.05) is 18.1 Å². The lowest BCUT2D eigenvalue weighted by atomic mass is 10.3. The number of thioether (sulfide) groups is 1. The maximum absolute atomic E-state index is 12.1. The summed E-state index contributed by atoms with van der Waals surface area (Å²) in [7, 11) is -3.53. The molecule has 0 spiro atoms. The van der Waals surface area contributed by atoms with E-state index >= 15 is 0 Å². The number of nitrogens with zero attached hydrogens (tertiary/aromatic N) is 2. The molecule has 0 aliphatic carbocycles. The molecule has 1 aliphatic rings. The molecule has 5 nitrogen and oxygen atoms in total. The molecule has 0 saturated carbocycles. The van der Waals surface area contributed by atoms with Crippen LogP contribution in [-0.4, -0.2) is 36.5 Å². The minimum atomic E-state index is -3.53. The number of rotatable bonds is 3. The van der Waals surface area contributed by atoms with Crippen LogP contribution in [0.25, 0.3) is 11.1 Å². The molecule has 2 aromatic rings. The summed E-state index contributed by atoms with van der Waals surface area (Å²) in [5.74, 6) is 0.725. The molecule has 0 atom stereocenters. The molecule has 0 fully saturated rings. The minimum Gasteiger partial charge on any atom is -0.428 e. The highest BCUT2D eigenvalue weighted by Gasteiger charge is 2.25. The van der Waals surface area contributed by atoms with E-state index in [0.717, 1.165) is 5.75 Å². The average molecular weight is 282 g/mol. The molecule has 1 aliphatic heterocycles. The molecule has 1 aromatic heterocycles. The minimum absolute atomic E-state index is 0.121. The second kappa shape index (κ2) is 4.40. The van der Waals surface area contributed by atoms with Crippen LogP contribution in [0.4, 0.5) is 0 Å². The molecule has 2 heterocycles. The number of oxazole rings is 1. The summed E-state index contributed by atoms with van der Waals surface area (Å²) in [6.07, 6.45) is 0. The SMILES string of the molecule is O=S(=O)(CC1=NCCS1)c1nc2ccccc2o1. The smallest absolute Gasteiger partial charge is 0.316 e. The summed E-state index contributed by atoms with van der Waals surface area (Å²) < 4.78 is 29.5. The molecule has 0 bridgehead atoms. The Morgan fingerprint density at radius 3 is 2.89 bits per heavy atom. The lowest BCUT2D eigenvalue weighted by Gasteiger charge is -1.98. The summed E-state index contributed by atoms with van der Waals surface area (Å²) in [4.78, 5) is 8.14. The second-order valence-electron chi connectivity index (χ2n) is 3.83. The monoisotopic (exact) mass is 282 g/mol. The van der Waals surface area contributed by atoms with Crippen molar-refractivity contribution in [3.05, 3.63) is 24.3 Å². The predicted molar refractivity (Wildman–Crippen MR) is 70.8 cm³/mol. The van der Waals surface area contributed by atoms with Crippen molar-refractivity contribution in [1.82, 2.24) is 4.98 Å². The maximum Gasteiger partial charge on any atom is 0.316 e. The third-order valence-corrected chi connectivity index (χ3v) is 5.04. The van der Waals surface area contributed by atoms with Crippen LogP contribution < -0.4 is 0 Å². The highest BCUT2D eigenvalue weighted by atomic mass is 32.2. The van der Waals surface area contributed by atoms with E-state index in [1.807, 2.05) is 0 Å². The Balaban J connectivity index is 1.97. The number of para-hydroxylation sites is 2. The van der Waals surface area contributed by atoms with Gasteiger partial charge in [-0.25, -0.2) is 8.42 Å². The number of hydrogen-bond donors (Lipinski definition) is 0. The van der Waals surface area contributed by atoms with Gasteiger partial charge < -0.3 is 4.42 Å². The van der Waals surface area contributed by atoms with E-state index in [9.17, 15) is 8.42 Å². The second-order valence-corrected chi connectivity index (χ2v) is 6.87. The molecule has 3 rings (SSSR count). The van der Waals surface area contributed by atoms with Crippen LogP contribution in [0.5, 0.6) is 0 Å². The highest BCUT2D eigenvalue weighted by molar-refractivity contribution is 8.15. The molecule has 0 unspecified atom stereocenters. The zero-order valence-corrected chi connectivity index (χ0v) is 11.0. The van der Waals surface area contributed by atoms with E-state index in [1.54, 1.807) is 24.3 Å². The number of hydrogen-bond acceptors (Lipinski definition) is 6. The molecular formula is C11H10N2O3S2. The van der Waals surface area contributed by atoms with Gasteiger partial charge in [-0.05, 0) is 12.1 Å². The van der Waals surface area contributed by atoms with Gasteiger partial charge in [-0.1, -0.05) is 12.1 Å². The largest absolute Gasteiger partial charge is 0.428 e. The van der Waals surface area contributed by atoms with Gasteiger partial charge >= 0.3 is 5.22 Å². The fourth-order valence-corrected chi connectivity index (χ4v) is 4.07. The summed E-state index contributed by atoms with van der Waals surface area (Å²) in [5.41, 5.74) is 1.04. The van der Waals surface area contributed by atoms with Crippen molar-refractivity contribution in [1.29, 1.82) is 0 Å². The van der Waals surface area contributed by atoms with E-state index in [0.29, 0.717) is 22.7 Å². The van der Waals surface area contributed by atoms with Crippen LogP contribution in [0, 0.1) is 0 Å². The van der Waals surface area contributed by atoms with Gasteiger partial charge in [-0.3, -0.25) is 4.99 Å². The number of sulfone groups is 1. The van der Waals surface area contributed by atoms with Crippen LogP contribution in [0.3, 0.4) is 0 Å². The topological polar surface area (TPSA) is 72.5 Å². The summed E-state index contributed by atoms with van der Waals surface area (Å²) >= 11 is 1.47. The van der Waals surface area contributed by atoms with Crippen LogP contribution in [0.1, 0.15) is 0 Å². The number of aliphatic imine (C=N–C) groups is 1. The maximum atomic E-state index is 12.1. The Morgan fingerprint density at radius 1 is 1.33 bits per heavy atom. The van der Waals surface area contributed by atoms with Crippen molar-refractivity contribution in [3.8, 4) is 0 Å². The van der Waals surface area contributed by atoms with Crippen molar-refractivity contribution >= 4 is 37.7 Å². The van der Waals surface area contributed by atoms with Gasteiger partial charge in [0.2, 0.25) is 9.84 Å². The fourth-order valence-electron chi connectivity index (χ4n) is 1.68. The van der Waals surface area contributed by atoms with Crippen molar-refractivity contribution in [3.63, 3.8) is 0 Å². The number of benzene rings is 1. The summed E-state index contributed by atoms with van der Waals surface area (Å²) in [6, 6.07) is 6.99. The Kier molecular flexibility index (Phi) is 2.87. The summed E-state index contributed by atoms with van der Waals surface area (Å²) in [6.45, 7) is 0.684. The van der Waals surface area contributed by atoms with Crippen LogP contribution in [0.15, 0.2) is 38.9 Å². The molecule has 0 radical (unpaired) electrons. The van der Waals surface area contributed by atoms with Gasteiger partial charge in [-0.2, -0.15) is 4.98 Å². The van der Waals surface area contributed by atoms with Gasteiger partial charge in [0.15, 0.2) is 5.58 Å². The standard InChI is InChI=1S/C11H10N2O3S2/c14-18(15,7-10-12-5-6-17-10)11-13-8-3-1-2-4-9(8)16-11/h1-4H,5-7H2. The molecule has 18 heavy (non-hydrogen) atoms. The van der Waals surface area contributed by atoms with Crippen LogP contribution in [0.2, 0.25) is 0 Å². The van der Waals surface area contributed by atoms with E-state index in [4.69, 9.17) is 4.42 Å². The Hall–Kier alpha value is -1.34. The van der Waals surface area contributed by atoms with E-state index in [1.165, 1.54) is 11.8 Å². The summed E-state index contributed by atoms with van der Waals surface area (Å²) in [5, 5.41) is 0.413. The molecule has 7 heteroatoms. The van der Waals surface area contributed by atoms with Crippen LogP contribution >= 0.6 is 11.8 Å². The zero-order chi connectivity index (χ0) is 12.6. The normalized spacial score (nSPS) is 16.1. The molecule has 0 saturated heterocycles. The van der Waals surface area contributed by atoms with Gasteiger partial charge in [0.1, 0.15) is 11.3 Å². The van der Waals surface area contributed by atoms with Gasteiger partial charge in [0.05, 0.1) is 5.04 Å². The molecule has 0 N–H and O–H groups in total. The van der Waals surface area contributed by atoms with E-state index in [2.05, 4.69) is 9.98 Å². The average Bonchev–Trinajstić information content (AvgIpc) is 2.96. The van der Waals surface area contributed by atoms with Gasteiger partial charge in [-0.15, -0.1) is 11.8 Å². The van der Waals surface area contributed by atoms with E-state index in [-0.39, 0.29) is 11.0 Å². The first-order valence-electron chi connectivity index (χ1n) is 5.40. The third kappa shape index (κ3) is 2.15. The fraction of sp³-hybridized carbons (Fsp3) is 0.273. The van der Waals surface area contributed by atoms with Crippen molar-refractivity contribution < 1.29 is 12.8 Å². The van der Waals surface area contributed by atoms with Gasteiger partial charge in [0, 0.05) is 12.3 Å². The quantitative estimate of drug-likeness (QED) is 0.857. The molecule has 94 valence electrons. The Labute approximate surface area is 108 Å². The van der Waals surface area contributed by atoms with E-state index < -0.39 is 9.84 Å². The number of aromatic nitrogens is 1. The number of fused-ring (bicyclic) bond motifs is 1. The van der Waals surface area contributed by atoms with Crippen molar-refractivity contribution in [2.24, 2.45) is 4.99 Å². The lowest BCUT2D eigenvalue weighted by Crippen LogP contribution is -2.13. The lowest BCUT2D eigenvalue weighted by molar-refractivity contribution is 0.460. The highest BCUT2D eigenvalue weighted by Crippen LogP contribution is 2.21. The Morgan fingerprint density at radius 2 is 2.17 bits per heavy atom. The Bertz CT molecular complexity index is 686. The molecule has 1 aromatic carbocycles. The van der Waals surface area contributed by atoms with Crippen LogP contribution in [-0.2, 0) is 9.84 Å². The molecular weight excluding hydrogens is 272 g/mol. The first-order valence-corrected chi connectivity index (χ1v) is 8.03. The molecule has 0 amide bonds. The first-order chi connectivity index (χ1) is 8.65. The van der Waals surface area contributed by atoms with Gasteiger partial charge in [0.25, 0.3) is 0 Å². The zero-order valence-electron chi connectivity index (χ0n) is 9.37. The van der Waals surface area contributed by atoms with Crippen molar-refractivity contribution in [2.45, 2.75) is 5.22 Å². The first kappa shape index (κ1) is 11.7. The third-order valence-electron chi connectivity index (χ3n) is 2.50. The predicted octanol–water partition coefficient (Wildman–Crippen LogP) is 1.75.